The molecule has 0 saturated carbocycles. The minimum absolute atomic E-state index is 0.136. The molecule has 0 radical (unpaired) electrons. The fourth-order valence-corrected chi connectivity index (χ4v) is 3.56. The number of aromatic carboxylic acids is 1. The Morgan fingerprint density at radius 2 is 2.29 bits per heavy atom. The Balaban J connectivity index is 1.71. The molecule has 1 aliphatic rings. The number of halogens is 1. The Labute approximate surface area is 167 Å². The minimum Gasteiger partial charge on any atom is -0.478 e. The van der Waals surface area contributed by atoms with Crippen molar-refractivity contribution in [3.63, 3.8) is 0 Å². The number of hydrogen-bond donors (Lipinski definition) is 3. The highest BCUT2D eigenvalue weighted by atomic mass is 35.5. The molecule has 0 spiro atoms. The molecule has 1 fully saturated rings. The first-order valence-electron chi connectivity index (χ1n) is 8.95. The number of nitrogens with one attached hydrogen (secondary N) is 2. The van der Waals surface area contributed by atoms with Gasteiger partial charge < -0.3 is 25.0 Å². The van der Waals surface area contributed by atoms with Crippen molar-refractivity contribution in [3.8, 4) is 0 Å². The maximum Gasteiger partial charge on any atom is 0.339 e. The number of methoxy groups -OCH3 is 1. The van der Waals surface area contributed by atoms with Gasteiger partial charge in [0.2, 0.25) is 0 Å². The summed E-state index contributed by atoms with van der Waals surface area (Å²) < 4.78 is 5.55. The minimum atomic E-state index is -1.03. The molecule has 1 amide bonds. The number of pyridine rings is 1. The third-order valence-corrected chi connectivity index (χ3v) is 5.10. The van der Waals surface area contributed by atoms with Crippen molar-refractivity contribution in [1.29, 1.82) is 0 Å². The highest BCUT2D eigenvalue weighted by Gasteiger charge is 2.33. The summed E-state index contributed by atoms with van der Waals surface area (Å²) >= 11 is 6.01. The van der Waals surface area contributed by atoms with Crippen molar-refractivity contribution in [1.82, 2.24) is 20.3 Å². The van der Waals surface area contributed by atoms with E-state index in [0.29, 0.717) is 42.6 Å². The molecule has 2 aromatic rings. The molecule has 0 aromatic carbocycles. The lowest BCUT2D eigenvalue weighted by molar-refractivity contribution is 0.0535. The first-order valence-corrected chi connectivity index (χ1v) is 9.33. The van der Waals surface area contributed by atoms with Gasteiger partial charge in [0.05, 0.1) is 17.8 Å². The Morgan fingerprint density at radius 1 is 1.50 bits per heavy atom. The molecule has 2 aromatic heterocycles. The van der Waals surface area contributed by atoms with E-state index >= 15 is 0 Å². The van der Waals surface area contributed by atoms with Crippen LogP contribution in [0, 0.1) is 0 Å². The quantitative estimate of drug-likeness (QED) is 0.666. The van der Waals surface area contributed by atoms with Crippen LogP contribution in [-0.4, -0.2) is 64.3 Å². The molecule has 1 saturated heterocycles. The second kappa shape index (κ2) is 8.57. The van der Waals surface area contributed by atoms with E-state index in [9.17, 15) is 14.7 Å². The number of carboxylic acids is 1. The number of nitrogens with zero attached hydrogens (tertiary/aromatic N) is 3. The van der Waals surface area contributed by atoms with Gasteiger partial charge in [0.15, 0.2) is 11.0 Å². The van der Waals surface area contributed by atoms with E-state index in [1.807, 2.05) is 11.8 Å². The lowest BCUT2D eigenvalue weighted by atomic mass is 10.0. The molecule has 9 nitrogen and oxygen atoms in total. The number of aromatic amines is 1. The predicted molar refractivity (Wildman–Crippen MR) is 103 cm³/mol. The van der Waals surface area contributed by atoms with Crippen LogP contribution < -0.4 is 10.2 Å². The van der Waals surface area contributed by atoms with Gasteiger partial charge in [-0.3, -0.25) is 4.79 Å². The molecule has 0 bridgehead atoms. The summed E-state index contributed by atoms with van der Waals surface area (Å²) in [5.41, 5.74) is 0.846. The Morgan fingerprint density at radius 3 is 2.93 bits per heavy atom. The standard InChI is InChI=1S/C18H22ClN5O4/c1-3-11-14(19)23-15(21-11)17(25)22-12-6-8-24(9-13(12)28-2)16-10(18(26)27)5-4-7-20-16/h4-5,7,12-13H,3,6,8-9H2,1-2H3,(H,21,23)(H,22,25)(H,26,27)/t12-,13+/m1/s1. The summed E-state index contributed by atoms with van der Waals surface area (Å²) in [4.78, 5) is 37.1. The van der Waals surface area contributed by atoms with Crippen molar-refractivity contribution >= 4 is 29.3 Å². The number of ether oxygens (including phenoxy) is 1. The zero-order chi connectivity index (χ0) is 20.3. The third kappa shape index (κ3) is 4.10. The van der Waals surface area contributed by atoms with E-state index in [0.717, 1.165) is 0 Å². The average Bonchev–Trinajstić information content (AvgIpc) is 3.09. The average molecular weight is 408 g/mol. The molecule has 3 rings (SSSR count). The number of imidazole rings is 1. The van der Waals surface area contributed by atoms with E-state index in [4.69, 9.17) is 16.3 Å². The van der Waals surface area contributed by atoms with E-state index in [2.05, 4.69) is 20.3 Å². The second-order valence-electron chi connectivity index (χ2n) is 6.48. The molecular weight excluding hydrogens is 386 g/mol. The van der Waals surface area contributed by atoms with Crippen LogP contribution in [0.3, 0.4) is 0 Å². The number of carboxylic acid groups (broad SMARTS) is 1. The number of amides is 1. The third-order valence-electron chi connectivity index (χ3n) is 4.79. The number of aromatic nitrogens is 3. The predicted octanol–water partition coefficient (Wildman–Crippen LogP) is 1.74. The van der Waals surface area contributed by atoms with Crippen molar-refractivity contribution in [2.24, 2.45) is 0 Å². The van der Waals surface area contributed by atoms with Gasteiger partial charge in [0.1, 0.15) is 11.4 Å². The van der Waals surface area contributed by atoms with E-state index in [-0.39, 0.29) is 29.4 Å². The van der Waals surface area contributed by atoms with E-state index in [1.54, 1.807) is 19.4 Å². The van der Waals surface area contributed by atoms with Crippen molar-refractivity contribution < 1.29 is 19.4 Å². The van der Waals surface area contributed by atoms with Crippen LogP contribution >= 0.6 is 11.6 Å². The topological polar surface area (TPSA) is 120 Å². The van der Waals surface area contributed by atoms with Crippen molar-refractivity contribution in [2.45, 2.75) is 31.9 Å². The highest BCUT2D eigenvalue weighted by molar-refractivity contribution is 6.30. The van der Waals surface area contributed by atoms with Gasteiger partial charge >= 0.3 is 5.97 Å². The molecule has 28 heavy (non-hydrogen) atoms. The van der Waals surface area contributed by atoms with Gasteiger partial charge in [-0.25, -0.2) is 14.8 Å². The molecule has 0 unspecified atom stereocenters. The van der Waals surface area contributed by atoms with Crippen LogP contribution in [0.5, 0.6) is 0 Å². The molecule has 2 atom stereocenters. The molecule has 10 heteroatoms. The maximum absolute atomic E-state index is 12.5. The molecule has 3 heterocycles. The van der Waals surface area contributed by atoms with Gasteiger partial charge in [-0.1, -0.05) is 18.5 Å². The second-order valence-corrected chi connectivity index (χ2v) is 6.83. The summed E-state index contributed by atoms with van der Waals surface area (Å²) in [6.07, 6.45) is 2.43. The van der Waals surface area contributed by atoms with Crippen LogP contribution in [0.4, 0.5) is 5.82 Å². The van der Waals surface area contributed by atoms with Gasteiger partial charge in [0, 0.05) is 26.4 Å². The Kier molecular flexibility index (Phi) is 6.15. The smallest absolute Gasteiger partial charge is 0.339 e. The SMILES string of the molecule is CCc1[nH]c(C(=O)N[C@@H]2CCN(c3ncccc3C(=O)O)C[C@@H]2OC)nc1Cl. The molecular formula is C18H22ClN5O4. The highest BCUT2D eigenvalue weighted by Crippen LogP contribution is 2.23. The molecule has 150 valence electrons. The van der Waals surface area contributed by atoms with Gasteiger partial charge in [-0.2, -0.15) is 0 Å². The number of hydrogen-bond acceptors (Lipinski definition) is 6. The van der Waals surface area contributed by atoms with Crippen LogP contribution in [0.15, 0.2) is 18.3 Å². The number of rotatable bonds is 6. The van der Waals surface area contributed by atoms with E-state index < -0.39 is 5.97 Å². The number of carbonyl (C=O) groups excluding carboxylic acids is 1. The summed E-state index contributed by atoms with van der Waals surface area (Å²) in [5, 5.41) is 12.6. The lowest BCUT2D eigenvalue weighted by Crippen LogP contribution is -2.55. The first kappa shape index (κ1) is 20.1. The molecule has 1 aliphatic heterocycles. The summed E-state index contributed by atoms with van der Waals surface area (Å²) in [6.45, 7) is 2.85. The fourth-order valence-electron chi connectivity index (χ4n) is 3.30. The van der Waals surface area contributed by atoms with Gasteiger partial charge in [-0.05, 0) is 25.0 Å². The van der Waals surface area contributed by atoms with Crippen molar-refractivity contribution in [2.75, 3.05) is 25.1 Å². The fraction of sp³-hybridized carbons (Fsp3) is 0.444. The maximum atomic E-state index is 12.5. The van der Waals surface area contributed by atoms with Crippen LogP contribution in [0.2, 0.25) is 5.15 Å². The van der Waals surface area contributed by atoms with Crippen LogP contribution in [-0.2, 0) is 11.2 Å². The molecule has 0 aliphatic carbocycles. The summed E-state index contributed by atoms with van der Waals surface area (Å²) in [5.74, 6) is -0.829. The number of piperidine rings is 1. The molecule has 3 N–H and O–H groups in total. The van der Waals surface area contributed by atoms with E-state index in [1.165, 1.54) is 6.07 Å². The van der Waals surface area contributed by atoms with Crippen molar-refractivity contribution in [3.05, 3.63) is 40.6 Å². The number of H-pyrrole nitrogens is 1. The zero-order valence-electron chi connectivity index (χ0n) is 15.6. The Bertz CT molecular complexity index is 871. The lowest BCUT2D eigenvalue weighted by Gasteiger charge is -2.38. The summed E-state index contributed by atoms with van der Waals surface area (Å²) in [6, 6.07) is 2.86. The first-order chi connectivity index (χ1) is 13.4. The number of aryl methyl sites for hydroxylation is 1. The van der Waals surface area contributed by atoms with Crippen LogP contribution in [0.25, 0.3) is 0 Å². The zero-order valence-corrected chi connectivity index (χ0v) is 16.4. The summed E-state index contributed by atoms with van der Waals surface area (Å²) in [7, 11) is 1.56. The van der Waals surface area contributed by atoms with Crippen LogP contribution in [0.1, 0.15) is 40.0 Å². The van der Waals surface area contributed by atoms with Gasteiger partial charge in [0.25, 0.3) is 5.91 Å². The number of carbonyl (C=O) groups is 2. The van der Waals surface area contributed by atoms with Gasteiger partial charge in [-0.15, -0.1) is 0 Å². The Hall–Kier alpha value is -2.65. The monoisotopic (exact) mass is 407 g/mol. The normalized spacial score (nSPS) is 19.5. The largest absolute Gasteiger partial charge is 0.478 e. The number of anilines is 1.